The van der Waals surface area contributed by atoms with E-state index in [2.05, 4.69) is 11.4 Å². The lowest BCUT2D eigenvalue weighted by Gasteiger charge is -1.98. The van der Waals surface area contributed by atoms with Gasteiger partial charge >= 0.3 is 0 Å². The maximum Gasteiger partial charge on any atom is 0.150 e. The second-order valence-electron chi connectivity index (χ2n) is 4.01. The van der Waals surface area contributed by atoms with E-state index in [0.29, 0.717) is 6.42 Å². The van der Waals surface area contributed by atoms with Crippen LogP contribution in [0.3, 0.4) is 0 Å². The van der Waals surface area contributed by atoms with E-state index in [4.69, 9.17) is 0 Å². The molecule has 15 heavy (non-hydrogen) atoms. The number of allylic oxidation sites excluding steroid dienone is 1. The van der Waals surface area contributed by atoms with Crippen molar-refractivity contribution in [2.75, 3.05) is 18.1 Å². The van der Waals surface area contributed by atoms with Gasteiger partial charge in [0, 0.05) is 11.8 Å². The highest BCUT2D eigenvalue weighted by atomic mass is 32.2. The summed E-state index contributed by atoms with van der Waals surface area (Å²) in [7, 11) is -2.78. The van der Waals surface area contributed by atoms with Crippen molar-refractivity contribution in [3.05, 3.63) is 12.2 Å². The van der Waals surface area contributed by atoms with Gasteiger partial charge in [-0.3, -0.25) is 0 Å². The third-order valence-electron chi connectivity index (χ3n) is 2.52. The molecule has 1 N–H and O–H groups in total. The number of hydrogen-bond acceptors (Lipinski definition) is 3. The average Bonchev–Trinajstić information content (AvgIpc) is 3.00. The number of hydrogen-bond donors (Lipinski definition) is 1. The summed E-state index contributed by atoms with van der Waals surface area (Å²) in [5.41, 5.74) is 0. The maximum absolute atomic E-state index is 11.1. The van der Waals surface area contributed by atoms with Crippen molar-refractivity contribution in [2.24, 2.45) is 0 Å². The molecule has 0 aliphatic heterocycles. The third kappa shape index (κ3) is 6.68. The van der Waals surface area contributed by atoms with Gasteiger partial charge in [-0.1, -0.05) is 19.1 Å². The predicted molar refractivity (Wildman–Crippen MR) is 63.7 cm³/mol. The Bertz CT molecular complexity index is 292. The largest absolute Gasteiger partial charge is 0.314 e. The molecule has 1 aliphatic carbocycles. The molecule has 0 aromatic rings. The first-order valence-electron chi connectivity index (χ1n) is 5.73. The summed E-state index contributed by atoms with van der Waals surface area (Å²) in [6.45, 7) is 2.71. The van der Waals surface area contributed by atoms with Crippen LogP contribution in [0.25, 0.3) is 0 Å². The van der Waals surface area contributed by atoms with Gasteiger partial charge in [0.1, 0.15) is 9.84 Å². The van der Waals surface area contributed by atoms with Crippen LogP contribution in [0, 0.1) is 0 Å². The van der Waals surface area contributed by atoms with Crippen LogP contribution in [0.4, 0.5) is 0 Å². The highest BCUT2D eigenvalue weighted by Gasteiger charge is 2.19. The SMILES string of the molecule is CCS(=O)(=O)CC/C=C/CCNC1CC1. The number of rotatable bonds is 8. The van der Waals surface area contributed by atoms with E-state index in [1.165, 1.54) is 12.8 Å². The van der Waals surface area contributed by atoms with Gasteiger partial charge in [-0.2, -0.15) is 0 Å². The Labute approximate surface area is 92.9 Å². The van der Waals surface area contributed by atoms with Crippen molar-refractivity contribution in [1.82, 2.24) is 5.32 Å². The molecule has 88 valence electrons. The molecule has 1 rings (SSSR count). The van der Waals surface area contributed by atoms with E-state index in [0.717, 1.165) is 19.0 Å². The molecule has 0 atom stereocenters. The normalized spacial score (nSPS) is 17.4. The standard InChI is InChI=1S/C11H21NO2S/c1-2-15(13,14)10-6-4-3-5-9-12-11-7-8-11/h3-4,11-12H,2,5-10H2,1H3/b4-3+. The summed E-state index contributed by atoms with van der Waals surface area (Å²) >= 11 is 0. The van der Waals surface area contributed by atoms with Crippen LogP contribution in [0.15, 0.2) is 12.2 Å². The molecule has 1 fully saturated rings. The zero-order chi connectivity index (χ0) is 11.1. The molecule has 0 saturated heterocycles. The van der Waals surface area contributed by atoms with E-state index in [-0.39, 0.29) is 11.5 Å². The van der Waals surface area contributed by atoms with Crippen LogP contribution in [-0.4, -0.2) is 32.5 Å². The average molecular weight is 231 g/mol. The summed E-state index contributed by atoms with van der Waals surface area (Å²) in [5.74, 6) is 0.542. The Morgan fingerprint density at radius 3 is 2.53 bits per heavy atom. The molecular weight excluding hydrogens is 210 g/mol. The van der Waals surface area contributed by atoms with Crippen molar-refractivity contribution < 1.29 is 8.42 Å². The minimum Gasteiger partial charge on any atom is -0.314 e. The summed E-state index contributed by atoms with van der Waals surface area (Å²) < 4.78 is 22.3. The van der Waals surface area contributed by atoms with Gasteiger partial charge in [0.15, 0.2) is 0 Å². The monoisotopic (exact) mass is 231 g/mol. The van der Waals surface area contributed by atoms with Gasteiger partial charge in [0.25, 0.3) is 0 Å². The first kappa shape index (κ1) is 12.7. The minimum absolute atomic E-state index is 0.254. The first-order chi connectivity index (χ1) is 7.14. The molecule has 1 saturated carbocycles. The smallest absolute Gasteiger partial charge is 0.150 e. The zero-order valence-electron chi connectivity index (χ0n) is 9.41. The second-order valence-corrected chi connectivity index (χ2v) is 6.49. The van der Waals surface area contributed by atoms with Crippen molar-refractivity contribution >= 4 is 9.84 Å². The van der Waals surface area contributed by atoms with Crippen LogP contribution >= 0.6 is 0 Å². The lowest BCUT2D eigenvalue weighted by molar-refractivity contribution is 0.597. The topological polar surface area (TPSA) is 46.2 Å². The molecular formula is C11H21NO2S. The van der Waals surface area contributed by atoms with Crippen LogP contribution in [0.2, 0.25) is 0 Å². The lowest BCUT2D eigenvalue weighted by atomic mass is 10.3. The molecule has 1 aliphatic rings. The molecule has 0 amide bonds. The van der Waals surface area contributed by atoms with E-state index >= 15 is 0 Å². The summed E-state index contributed by atoms with van der Waals surface area (Å²) in [6.07, 6.45) is 8.33. The molecule has 0 bridgehead atoms. The molecule has 0 aromatic heterocycles. The predicted octanol–water partition coefficient (Wildman–Crippen LogP) is 1.51. The Kier molecular flexibility index (Phi) is 5.32. The highest BCUT2D eigenvalue weighted by molar-refractivity contribution is 7.91. The summed E-state index contributed by atoms with van der Waals surface area (Å²) in [6, 6.07) is 0.763. The van der Waals surface area contributed by atoms with Crippen LogP contribution in [0.1, 0.15) is 32.6 Å². The molecule has 0 spiro atoms. The molecule has 0 unspecified atom stereocenters. The van der Waals surface area contributed by atoms with Gasteiger partial charge in [-0.15, -0.1) is 0 Å². The molecule has 0 aromatic carbocycles. The van der Waals surface area contributed by atoms with Crippen molar-refractivity contribution in [3.8, 4) is 0 Å². The van der Waals surface area contributed by atoms with Crippen LogP contribution < -0.4 is 5.32 Å². The maximum atomic E-state index is 11.1. The van der Waals surface area contributed by atoms with Gasteiger partial charge in [-0.25, -0.2) is 8.42 Å². The van der Waals surface area contributed by atoms with Crippen molar-refractivity contribution in [2.45, 2.75) is 38.6 Å². The fraction of sp³-hybridized carbons (Fsp3) is 0.818. The Balaban J connectivity index is 1.96. The van der Waals surface area contributed by atoms with Crippen molar-refractivity contribution in [3.63, 3.8) is 0 Å². The lowest BCUT2D eigenvalue weighted by Crippen LogP contribution is -2.16. The fourth-order valence-corrected chi connectivity index (χ4v) is 2.07. The van der Waals surface area contributed by atoms with Gasteiger partial charge < -0.3 is 5.32 Å². The highest BCUT2D eigenvalue weighted by Crippen LogP contribution is 2.18. The van der Waals surface area contributed by atoms with Crippen LogP contribution in [0.5, 0.6) is 0 Å². The molecule has 3 nitrogen and oxygen atoms in total. The zero-order valence-corrected chi connectivity index (χ0v) is 10.2. The van der Waals surface area contributed by atoms with Gasteiger partial charge in [0.2, 0.25) is 0 Å². The molecule has 0 heterocycles. The van der Waals surface area contributed by atoms with Gasteiger partial charge in [-0.05, 0) is 32.2 Å². The van der Waals surface area contributed by atoms with Crippen LogP contribution in [-0.2, 0) is 9.84 Å². The van der Waals surface area contributed by atoms with E-state index < -0.39 is 9.84 Å². The van der Waals surface area contributed by atoms with Gasteiger partial charge in [0.05, 0.1) is 5.75 Å². The molecule has 4 heteroatoms. The number of nitrogens with one attached hydrogen (secondary N) is 1. The number of sulfone groups is 1. The third-order valence-corrected chi connectivity index (χ3v) is 4.26. The van der Waals surface area contributed by atoms with E-state index in [9.17, 15) is 8.42 Å². The minimum atomic E-state index is -2.78. The summed E-state index contributed by atoms with van der Waals surface area (Å²) in [4.78, 5) is 0. The Morgan fingerprint density at radius 2 is 1.93 bits per heavy atom. The van der Waals surface area contributed by atoms with Crippen molar-refractivity contribution in [1.29, 1.82) is 0 Å². The molecule has 0 radical (unpaired) electrons. The van der Waals surface area contributed by atoms with E-state index in [1.54, 1.807) is 6.92 Å². The summed E-state index contributed by atoms with van der Waals surface area (Å²) in [5, 5.41) is 3.41. The Hall–Kier alpha value is -0.350. The quantitative estimate of drug-likeness (QED) is 0.509. The second kappa shape index (κ2) is 6.28. The first-order valence-corrected chi connectivity index (χ1v) is 7.55. The fourth-order valence-electron chi connectivity index (χ4n) is 1.29. The van der Waals surface area contributed by atoms with E-state index in [1.807, 2.05) is 6.08 Å². The Morgan fingerprint density at radius 1 is 1.27 bits per heavy atom.